The van der Waals surface area contributed by atoms with E-state index in [9.17, 15) is 0 Å². The molecule has 0 aliphatic carbocycles. The summed E-state index contributed by atoms with van der Waals surface area (Å²) >= 11 is 0. The van der Waals surface area contributed by atoms with Crippen LogP contribution in [0.4, 0.5) is 0 Å². The third-order valence-corrected chi connectivity index (χ3v) is 2.73. The van der Waals surface area contributed by atoms with Gasteiger partial charge in [0, 0.05) is 31.0 Å². The van der Waals surface area contributed by atoms with Gasteiger partial charge in [-0.05, 0) is 0 Å². The van der Waals surface area contributed by atoms with Crippen molar-refractivity contribution >= 4 is 0 Å². The molecule has 2 saturated heterocycles. The third kappa shape index (κ3) is 0.713. The van der Waals surface area contributed by atoms with Crippen molar-refractivity contribution in [3.05, 3.63) is 0 Å². The Morgan fingerprint density at radius 2 is 2.40 bits per heavy atom. The molecule has 58 valence electrons. The van der Waals surface area contributed by atoms with Gasteiger partial charge in [-0.3, -0.25) is 0 Å². The average Bonchev–Trinajstić information content (AvgIpc) is 2.27. The first-order valence-electron chi connectivity index (χ1n) is 3.77. The number of nitrogens with one attached hydrogen (secondary N) is 1. The van der Waals surface area contributed by atoms with Crippen LogP contribution in [0.5, 0.6) is 0 Å². The summed E-state index contributed by atoms with van der Waals surface area (Å²) in [6, 6.07) is 0. The molecule has 0 bridgehead atoms. The first-order valence-corrected chi connectivity index (χ1v) is 3.77. The molecule has 1 spiro atoms. The van der Waals surface area contributed by atoms with Gasteiger partial charge in [-0.1, -0.05) is 0 Å². The van der Waals surface area contributed by atoms with Crippen LogP contribution in [0.15, 0.2) is 0 Å². The summed E-state index contributed by atoms with van der Waals surface area (Å²) in [4.78, 5) is 0. The topological polar surface area (TPSA) is 41.5 Å². The number of hydrogen-bond donors (Lipinski definition) is 2. The highest BCUT2D eigenvalue weighted by Crippen LogP contribution is 2.38. The molecule has 1 atom stereocenters. The Bertz CT molecular complexity index is 134. The molecule has 2 rings (SSSR count). The lowest BCUT2D eigenvalue weighted by atomic mass is 9.77. The van der Waals surface area contributed by atoms with Crippen molar-refractivity contribution < 1.29 is 9.84 Å². The summed E-state index contributed by atoms with van der Waals surface area (Å²) in [5.74, 6) is 0.432. The van der Waals surface area contributed by atoms with Gasteiger partial charge in [-0.25, -0.2) is 0 Å². The maximum Gasteiger partial charge on any atom is 0.0561 e. The van der Waals surface area contributed by atoms with Crippen LogP contribution in [0.2, 0.25) is 0 Å². The highest BCUT2D eigenvalue weighted by Gasteiger charge is 2.48. The van der Waals surface area contributed by atoms with Crippen molar-refractivity contribution in [2.45, 2.75) is 0 Å². The van der Waals surface area contributed by atoms with Crippen molar-refractivity contribution in [2.75, 3.05) is 32.9 Å². The van der Waals surface area contributed by atoms with Gasteiger partial charge >= 0.3 is 0 Å². The molecule has 0 aromatic rings. The third-order valence-electron chi connectivity index (χ3n) is 2.73. The van der Waals surface area contributed by atoms with E-state index in [0.29, 0.717) is 17.9 Å². The van der Waals surface area contributed by atoms with Crippen LogP contribution >= 0.6 is 0 Å². The molecule has 0 radical (unpaired) electrons. The van der Waals surface area contributed by atoms with E-state index < -0.39 is 0 Å². The SMILES string of the molecule is OC[C@@H]1CNCC12COC2. The van der Waals surface area contributed by atoms with E-state index in [0.717, 1.165) is 26.3 Å². The van der Waals surface area contributed by atoms with Gasteiger partial charge in [-0.15, -0.1) is 0 Å². The lowest BCUT2D eigenvalue weighted by Gasteiger charge is -2.41. The zero-order chi connectivity index (χ0) is 7.03. The zero-order valence-electron chi connectivity index (χ0n) is 5.97. The van der Waals surface area contributed by atoms with Crippen LogP contribution in [0.3, 0.4) is 0 Å². The summed E-state index contributed by atoms with van der Waals surface area (Å²) in [6.45, 7) is 3.96. The lowest BCUT2D eigenvalue weighted by Crippen LogP contribution is -2.49. The molecule has 2 fully saturated rings. The zero-order valence-corrected chi connectivity index (χ0v) is 5.97. The van der Waals surface area contributed by atoms with Gasteiger partial charge in [0.25, 0.3) is 0 Å². The summed E-state index contributed by atoms with van der Waals surface area (Å²) in [5.41, 5.74) is 0.300. The first kappa shape index (κ1) is 6.58. The summed E-state index contributed by atoms with van der Waals surface area (Å²) < 4.78 is 5.14. The van der Waals surface area contributed by atoms with E-state index in [2.05, 4.69) is 5.32 Å². The Morgan fingerprint density at radius 1 is 1.60 bits per heavy atom. The van der Waals surface area contributed by atoms with Crippen LogP contribution in [-0.2, 0) is 4.74 Å². The second-order valence-corrected chi connectivity index (χ2v) is 3.37. The maximum atomic E-state index is 8.97. The second-order valence-electron chi connectivity index (χ2n) is 3.37. The standard InChI is InChI=1S/C7H13NO2/c9-2-6-1-8-3-7(6)4-10-5-7/h6,8-9H,1-5H2/t6-/m0/s1. The number of aliphatic hydroxyl groups excluding tert-OH is 1. The van der Waals surface area contributed by atoms with E-state index >= 15 is 0 Å². The molecule has 0 unspecified atom stereocenters. The van der Waals surface area contributed by atoms with Crippen LogP contribution in [0.1, 0.15) is 0 Å². The molecule has 0 amide bonds. The fourth-order valence-electron chi connectivity index (χ4n) is 1.82. The molecule has 2 aliphatic heterocycles. The Hall–Kier alpha value is -0.120. The molecule has 0 aromatic heterocycles. The summed E-state index contributed by atoms with van der Waals surface area (Å²) in [7, 11) is 0. The fraction of sp³-hybridized carbons (Fsp3) is 1.00. The van der Waals surface area contributed by atoms with Crippen LogP contribution in [-0.4, -0.2) is 38.0 Å². The average molecular weight is 143 g/mol. The van der Waals surface area contributed by atoms with Gasteiger partial charge in [0.1, 0.15) is 0 Å². The van der Waals surface area contributed by atoms with Crippen molar-refractivity contribution in [2.24, 2.45) is 11.3 Å². The van der Waals surface area contributed by atoms with Gasteiger partial charge in [0.15, 0.2) is 0 Å². The molecule has 0 aromatic carbocycles. The molecule has 3 heteroatoms. The number of hydrogen-bond acceptors (Lipinski definition) is 3. The van der Waals surface area contributed by atoms with E-state index in [1.807, 2.05) is 0 Å². The number of ether oxygens (including phenoxy) is 1. The van der Waals surface area contributed by atoms with Crippen molar-refractivity contribution in [3.63, 3.8) is 0 Å². The predicted molar refractivity (Wildman–Crippen MR) is 36.7 cm³/mol. The highest BCUT2D eigenvalue weighted by atomic mass is 16.5. The smallest absolute Gasteiger partial charge is 0.0561 e. The molecule has 3 nitrogen and oxygen atoms in total. The van der Waals surface area contributed by atoms with E-state index in [-0.39, 0.29) is 0 Å². The second kappa shape index (κ2) is 2.19. The van der Waals surface area contributed by atoms with Gasteiger partial charge in [0.05, 0.1) is 13.2 Å². The quantitative estimate of drug-likeness (QED) is 0.505. The van der Waals surface area contributed by atoms with E-state index in [1.54, 1.807) is 0 Å². The minimum Gasteiger partial charge on any atom is -0.396 e. The predicted octanol–water partition coefficient (Wildman–Crippen LogP) is -0.785. The van der Waals surface area contributed by atoms with Crippen molar-refractivity contribution in [1.82, 2.24) is 5.32 Å². The molecule has 0 saturated carbocycles. The van der Waals surface area contributed by atoms with Crippen LogP contribution < -0.4 is 5.32 Å². The largest absolute Gasteiger partial charge is 0.396 e. The van der Waals surface area contributed by atoms with Crippen molar-refractivity contribution in [3.8, 4) is 0 Å². The number of rotatable bonds is 1. The van der Waals surface area contributed by atoms with Crippen LogP contribution in [0, 0.1) is 11.3 Å². The van der Waals surface area contributed by atoms with Gasteiger partial charge in [-0.2, -0.15) is 0 Å². The molecule has 2 aliphatic rings. The molecule has 2 N–H and O–H groups in total. The van der Waals surface area contributed by atoms with Crippen LogP contribution in [0.25, 0.3) is 0 Å². The maximum absolute atomic E-state index is 8.97. The minimum absolute atomic E-state index is 0.300. The lowest BCUT2D eigenvalue weighted by molar-refractivity contribution is -0.131. The first-order chi connectivity index (χ1) is 4.87. The highest BCUT2D eigenvalue weighted by molar-refractivity contribution is 4.98. The van der Waals surface area contributed by atoms with Crippen molar-refractivity contribution in [1.29, 1.82) is 0 Å². The summed E-state index contributed by atoms with van der Waals surface area (Å²) in [5, 5.41) is 12.2. The number of aliphatic hydroxyl groups is 1. The van der Waals surface area contributed by atoms with Gasteiger partial charge < -0.3 is 15.2 Å². The Balaban J connectivity index is 2.05. The Labute approximate surface area is 60.4 Å². The van der Waals surface area contributed by atoms with E-state index in [1.165, 1.54) is 0 Å². The Kier molecular flexibility index (Phi) is 1.44. The normalized spacial score (nSPS) is 36.3. The van der Waals surface area contributed by atoms with Gasteiger partial charge in [0.2, 0.25) is 0 Å². The molecule has 2 heterocycles. The Morgan fingerprint density at radius 3 is 2.80 bits per heavy atom. The molecular formula is C7H13NO2. The molecular weight excluding hydrogens is 130 g/mol. The molecule has 10 heavy (non-hydrogen) atoms. The summed E-state index contributed by atoms with van der Waals surface area (Å²) in [6.07, 6.45) is 0. The minimum atomic E-state index is 0.300. The fourth-order valence-corrected chi connectivity index (χ4v) is 1.82. The monoisotopic (exact) mass is 143 g/mol. The van der Waals surface area contributed by atoms with E-state index in [4.69, 9.17) is 9.84 Å².